The predicted octanol–water partition coefficient (Wildman–Crippen LogP) is 3.31. The summed E-state index contributed by atoms with van der Waals surface area (Å²) in [6.07, 6.45) is 2.10. The molecule has 0 saturated carbocycles. The van der Waals surface area contributed by atoms with Crippen LogP contribution in [0.2, 0.25) is 0 Å². The van der Waals surface area contributed by atoms with E-state index in [1.165, 1.54) is 5.69 Å². The van der Waals surface area contributed by atoms with Gasteiger partial charge in [-0.3, -0.25) is 0 Å². The fourth-order valence-corrected chi connectivity index (χ4v) is 2.67. The number of anilines is 1. The second-order valence-corrected chi connectivity index (χ2v) is 6.22. The van der Waals surface area contributed by atoms with E-state index in [0.29, 0.717) is 12.0 Å². The van der Waals surface area contributed by atoms with Crippen molar-refractivity contribution >= 4 is 11.5 Å². The Bertz CT molecular complexity index is 571. The zero-order chi connectivity index (χ0) is 15.4. The normalized spacial score (nSPS) is 11.8. The topological polar surface area (TPSA) is 32.6 Å². The van der Waals surface area contributed by atoms with Gasteiger partial charge in [0.2, 0.25) is 0 Å². The summed E-state index contributed by atoms with van der Waals surface area (Å²) in [5.74, 6) is 1.76. The number of aromatic nitrogens is 2. The molecule has 0 radical (unpaired) electrons. The van der Waals surface area contributed by atoms with Crippen LogP contribution in [0.4, 0.5) is 5.82 Å². The fraction of sp³-hybridized carbons (Fsp3) is 0.588. The van der Waals surface area contributed by atoms with Crippen LogP contribution in [-0.4, -0.2) is 28.5 Å². The van der Waals surface area contributed by atoms with Gasteiger partial charge in [-0.1, -0.05) is 19.9 Å². The molecule has 0 aromatic carbocycles. The Morgan fingerprint density at radius 3 is 2.62 bits per heavy atom. The highest BCUT2D eigenvalue weighted by Crippen LogP contribution is 2.23. The molecule has 2 heterocycles. The monoisotopic (exact) mass is 288 g/mol. The first-order valence-corrected chi connectivity index (χ1v) is 7.97. The smallest absolute Gasteiger partial charge is 0.152 e. The minimum absolute atomic E-state index is 0.448. The molecule has 4 heteroatoms. The van der Waals surface area contributed by atoms with Gasteiger partial charge in [-0.05, 0) is 45.4 Å². The maximum Gasteiger partial charge on any atom is 0.152 e. The van der Waals surface area contributed by atoms with E-state index < -0.39 is 0 Å². The lowest BCUT2D eigenvalue weighted by atomic mass is 10.2. The first-order chi connectivity index (χ1) is 10.0. The fourth-order valence-electron chi connectivity index (χ4n) is 2.67. The van der Waals surface area contributed by atoms with E-state index in [9.17, 15) is 0 Å². The molecule has 1 N–H and O–H groups in total. The van der Waals surface area contributed by atoms with Crippen molar-refractivity contribution in [1.29, 1.82) is 0 Å². The molecule has 2 aromatic rings. The molecule has 0 aliphatic carbocycles. The van der Waals surface area contributed by atoms with Crippen LogP contribution in [0.3, 0.4) is 0 Å². The molecule has 0 saturated heterocycles. The maximum atomic E-state index is 4.85. The van der Waals surface area contributed by atoms with Gasteiger partial charge in [0.25, 0.3) is 0 Å². The molecule has 0 fully saturated rings. The van der Waals surface area contributed by atoms with Crippen molar-refractivity contribution in [3.8, 4) is 0 Å². The highest BCUT2D eigenvalue weighted by molar-refractivity contribution is 5.56. The van der Waals surface area contributed by atoms with Gasteiger partial charge in [0.15, 0.2) is 5.82 Å². The number of hydrogen-bond acceptors (Lipinski definition) is 3. The van der Waals surface area contributed by atoms with Crippen LogP contribution in [0.15, 0.2) is 24.4 Å². The minimum atomic E-state index is 0.448. The first kappa shape index (κ1) is 15.8. The van der Waals surface area contributed by atoms with Crippen LogP contribution in [0.5, 0.6) is 0 Å². The molecule has 4 nitrogen and oxygen atoms in total. The van der Waals surface area contributed by atoms with Crippen LogP contribution in [0.25, 0.3) is 5.65 Å². The lowest BCUT2D eigenvalue weighted by molar-refractivity contribution is 0.545. The third-order valence-electron chi connectivity index (χ3n) is 3.69. The summed E-state index contributed by atoms with van der Waals surface area (Å²) in [6, 6.07) is 6.63. The van der Waals surface area contributed by atoms with Crippen molar-refractivity contribution in [2.24, 2.45) is 5.92 Å². The zero-order valence-corrected chi connectivity index (χ0v) is 13.9. The highest BCUT2D eigenvalue weighted by atomic mass is 15.2. The summed E-state index contributed by atoms with van der Waals surface area (Å²) in [6.45, 7) is 13.9. The van der Waals surface area contributed by atoms with Crippen molar-refractivity contribution < 1.29 is 0 Å². The molecule has 0 aliphatic rings. The van der Waals surface area contributed by atoms with Crippen LogP contribution in [0, 0.1) is 5.92 Å². The molecule has 2 aromatic heterocycles. The van der Waals surface area contributed by atoms with Crippen molar-refractivity contribution in [3.63, 3.8) is 0 Å². The molecule has 21 heavy (non-hydrogen) atoms. The van der Waals surface area contributed by atoms with Gasteiger partial charge < -0.3 is 14.6 Å². The molecule has 2 rings (SSSR count). The van der Waals surface area contributed by atoms with Crippen LogP contribution < -0.4 is 10.2 Å². The summed E-state index contributed by atoms with van der Waals surface area (Å²) in [7, 11) is 0. The first-order valence-electron chi connectivity index (χ1n) is 7.97. The summed E-state index contributed by atoms with van der Waals surface area (Å²) in [5, 5.41) is 3.55. The van der Waals surface area contributed by atoms with Gasteiger partial charge in [0.1, 0.15) is 5.65 Å². The van der Waals surface area contributed by atoms with Crippen molar-refractivity contribution in [2.45, 2.75) is 47.2 Å². The number of fused-ring (bicyclic) bond motifs is 1. The molecule has 0 bridgehead atoms. The third kappa shape index (κ3) is 3.56. The maximum absolute atomic E-state index is 4.85. The Kier molecular flexibility index (Phi) is 5.23. The van der Waals surface area contributed by atoms with Crippen molar-refractivity contribution in [1.82, 2.24) is 14.7 Å². The molecular formula is C17H28N4. The van der Waals surface area contributed by atoms with Gasteiger partial charge >= 0.3 is 0 Å². The van der Waals surface area contributed by atoms with Gasteiger partial charge in [0, 0.05) is 25.3 Å². The molecule has 116 valence electrons. The van der Waals surface area contributed by atoms with Gasteiger partial charge in [0.05, 0.1) is 5.69 Å². The SMILES string of the molecule is CCN(c1nc2ccccn2c1CNCC(C)C)C(C)C. The van der Waals surface area contributed by atoms with E-state index in [0.717, 1.165) is 31.1 Å². The largest absolute Gasteiger partial charge is 0.353 e. The van der Waals surface area contributed by atoms with Gasteiger partial charge in [-0.25, -0.2) is 4.98 Å². The number of imidazole rings is 1. The van der Waals surface area contributed by atoms with E-state index in [2.05, 4.69) is 67.6 Å². The van der Waals surface area contributed by atoms with E-state index in [4.69, 9.17) is 4.98 Å². The average molecular weight is 288 g/mol. The molecular weight excluding hydrogens is 260 g/mol. The Balaban J connectivity index is 2.38. The third-order valence-corrected chi connectivity index (χ3v) is 3.69. The van der Waals surface area contributed by atoms with Gasteiger partial charge in [-0.15, -0.1) is 0 Å². The summed E-state index contributed by atoms with van der Waals surface area (Å²) in [4.78, 5) is 7.21. The predicted molar refractivity (Wildman–Crippen MR) is 89.9 cm³/mol. The number of pyridine rings is 1. The molecule has 0 spiro atoms. The molecule has 0 atom stereocenters. The second kappa shape index (κ2) is 6.94. The number of rotatable bonds is 7. The number of hydrogen-bond donors (Lipinski definition) is 1. The van der Waals surface area contributed by atoms with Gasteiger partial charge in [-0.2, -0.15) is 0 Å². The lowest BCUT2D eigenvalue weighted by Crippen LogP contribution is -2.32. The van der Waals surface area contributed by atoms with E-state index in [1.54, 1.807) is 0 Å². The Morgan fingerprint density at radius 2 is 2.00 bits per heavy atom. The standard InChI is InChI=1S/C17H28N4/c1-6-20(14(4)5)17-15(12-18-11-13(2)3)21-10-8-7-9-16(21)19-17/h7-10,13-14,18H,6,11-12H2,1-5H3. The van der Waals surface area contributed by atoms with Crippen LogP contribution >= 0.6 is 0 Å². The summed E-state index contributed by atoms with van der Waals surface area (Å²) >= 11 is 0. The summed E-state index contributed by atoms with van der Waals surface area (Å²) < 4.78 is 2.20. The Morgan fingerprint density at radius 1 is 1.24 bits per heavy atom. The second-order valence-electron chi connectivity index (χ2n) is 6.22. The average Bonchev–Trinajstić information content (AvgIpc) is 2.78. The van der Waals surface area contributed by atoms with E-state index >= 15 is 0 Å². The van der Waals surface area contributed by atoms with E-state index in [-0.39, 0.29) is 0 Å². The Labute approximate surface area is 128 Å². The van der Waals surface area contributed by atoms with Crippen LogP contribution in [-0.2, 0) is 6.54 Å². The summed E-state index contributed by atoms with van der Waals surface area (Å²) in [5.41, 5.74) is 2.27. The number of nitrogens with zero attached hydrogens (tertiary/aromatic N) is 3. The number of nitrogens with one attached hydrogen (secondary N) is 1. The molecule has 0 amide bonds. The quantitative estimate of drug-likeness (QED) is 0.848. The van der Waals surface area contributed by atoms with E-state index in [1.807, 2.05) is 6.07 Å². The highest BCUT2D eigenvalue weighted by Gasteiger charge is 2.18. The molecule has 0 unspecified atom stereocenters. The lowest BCUT2D eigenvalue weighted by Gasteiger charge is -2.26. The molecule has 0 aliphatic heterocycles. The van der Waals surface area contributed by atoms with Crippen LogP contribution in [0.1, 0.15) is 40.3 Å². The Hall–Kier alpha value is -1.55. The minimum Gasteiger partial charge on any atom is -0.353 e. The zero-order valence-electron chi connectivity index (χ0n) is 13.9. The van der Waals surface area contributed by atoms with Crippen molar-refractivity contribution in [2.75, 3.05) is 18.0 Å². The van der Waals surface area contributed by atoms with Crippen molar-refractivity contribution in [3.05, 3.63) is 30.1 Å².